The number of hydrogen-bond donors (Lipinski definition) is 0. The SMILES string of the molecule is CCCC[C@H]1[C@H](S(=O)c2ccc(C)cc2)C=CCN1C(=O)OC(C)(C)C. The number of carbonyl (C=O) groups excluding carboxylic acids is 1. The van der Waals surface area contributed by atoms with Gasteiger partial charge in [0.2, 0.25) is 0 Å². The molecule has 0 fully saturated rings. The van der Waals surface area contributed by atoms with Crippen molar-refractivity contribution < 1.29 is 13.7 Å². The predicted octanol–water partition coefficient (Wildman–Crippen LogP) is 4.84. The van der Waals surface area contributed by atoms with Crippen LogP contribution in [0.3, 0.4) is 0 Å². The van der Waals surface area contributed by atoms with E-state index in [-0.39, 0.29) is 17.4 Å². The molecule has 26 heavy (non-hydrogen) atoms. The summed E-state index contributed by atoms with van der Waals surface area (Å²) >= 11 is 0. The van der Waals surface area contributed by atoms with Gasteiger partial charge in [-0.2, -0.15) is 0 Å². The Labute approximate surface area is 160 Å². The van der Waals surface area contributed by atoms with Crippen LogP contribution in [0.25, 0.3) is 0 Å². The van der Waals surface area contributed by atoms with Crippen molar-refractivity contribution in [2.45, 2.75) is 75.7 Å². The largest absolute Gasteiger partial charge is 0.444 e. The monoisotopic (exact) mass is 377 g/mol. The third kappa shape index (κ3) is 5.44. The lowest BCUT2D eigenvalue weighted by Crippen LogP contribution is -2.51. The van der Waals surface area contributed by atoms with Crippen LogP contribution in [0.5, 0.6) is 0 Å². The maximum atomic E-state index is 13.2. The van der Waals surface area contributed by atoms with Crippen LogP contribution < -0.4 is 0 Å². The van der Waals surface area contributed by atoms with Crippen molar-refractivity contribution in [3.05, 3.63) is 42.0 Å². The van der Waals surface area contributed by atoms with Gasteiger partial charge in [0.1, 0.15) is 5.60 Å². The number of unbranched alkanes of at least 4 members (excludes halogenated alkanes) is 1. The maximum Gasteiger partial charge on any atom is 0.410 e. The van der Waals surface area contributed by atoms with Gasteiger partial charge in [0.05, 0.1) is 22.1 Å². The molecule has 5 heteroatoms. The van der Waals surface area contributed by atoms with Gasteiger partial charge in [-0.05, 0) is 46.2 Å². The zero-order valence-electron chi connectivity index (χ0n) is 16.5. The summed E-state index contributed by atoms with van der Waals surface area (Å²) in [5.74, 6) is 0. The topological polar surface area (TPSA) is 46.6 Å². The second-order valence-corrected chi connectivity index (χ2v) is 9.46. The van der Waals surface area contributed by atoms with Crippen LogP contribution in [0.1, 0.15) is 52.5 Å². The highest BCUT2D eigenvalue weighted by Gasteiger charge is 2.37. The summed E-state index contributed by atoms with van der Waals surface area (Å²) in [7, 11) is -1.21. The average Bonchev–Trinajstić information content (AvgIpc) is 2.58. The lowest BCUT2D eigenvalue weighted by Gasteiger charge is -2.38. The van der Waals surface area contributed by atoms with E-state index in [2.05, 4.69) is 6.92 Å². The Morgan fingerprint density at radius 3 is 2.50 bits per heavy atom. The molecule has 1 aliphatic heterocycles. The van der Waals surface area contributed by atoms with Crippen molar-refractivity contribution in [1.82, 2.24) is 4.90 Å². The first-order valence-corrected chi connectivity index (χ1v) is 10.6. The Balaban J connectivity index is 2.26. The molecule has 0 aromatic heterocycles. The number of ether oxygens (including phenoxy) is 1. The number of benzene rings is 1. The average molecular weight is 378 g/mol. The first-order chi connectivity index (χ1) is 12.2. The minimum absolute atomic E-state index is 0.114. The van der Waals surface area contributed by atoms with Gasteiger partial charge in [0, 0.05) is 11.4 Å². The van der Waals surface area contributed by atoms with Crippen molar-refractivity contribution in [3.8, 4) is 0 Å². The van der Waals surface area contributed by atoms with E-state index in [1.807, 2.05) is 64.1 Å². The Kier molecular flexibility index (Phi) is 7.04. The second-order valence-electron chi connectivity index (χ2n) is 7.85. The van der Waals surface area contributed by atoms with Crippen LogP contribution in [-0.2, 0) is 15.5 Å². The van der Waals surface area contributed by atoms with Crippen molar-refractivity contribution in [2.24, 2.45) is 0 Å². The van der Waals surface area contributed by atoms with Crippen molar-refractivity contribution >= 4 is 16.9 Å². The highest BCUT2D eigenvalue weighted by Crippen LogP contribution is 2.27. The number of aryl methyl sites for hydroxylation is 1. The summed E-state index contributed by atoms with van der Waals surface area (Å²) in [5, 5.41) is -0.217. The highest BCUT2D eigenvalue weighted by atomic mass is 32.2. The smallest absolute Gasteiger partial charge is 0.410 e. The van der Waals surface area contributed by atoms with E-state index < -0.39 is 16.4 Å². The summed E-state index contributed by atoms with van der Waals surface area (Å²) in [4.78, 5) is 15.3. The molecule has 3 atom stereocenters. The number of hydrogen-bond acceptors (Lipinski definition) is 3. The third-order valence-corrected chi connectivity index (χ3v) is 6.09. The molecule has 144 valence electrons. The van der Waals surface area contributed by atoms with Gasteiger partial charge in [-0.3, -0.25) is 9.11 Å². The van der Waals surface area contributed by atoms with E-state index in [0.29, 0.717) is 6.54 Å². The first-order valence-electron chi connectivity index (χ1n) is 9.36. The first kappa shape index (κ1) is 20.7. The van der Waals surface area contributed by atoms with Gasteiger partial charge in [0.15, 0.2) is 0 Å². The molecule has 2 rings (SSSR count). The fraction of sp³-hybridized carbons (Fsp3) is 0.571. The summed E-state index contributed by atoms with van der Waals surface area (Å²) in [5.41, 5.74) is 0.599. The lowest BCUT2D eigenvalue weighted by atomic mass is 10.0. The molecule has 1 heterocycles. The van der Waals surface area contributed by atoms with Gasteiger partial charge in [-0.25, -0.2) is 4.79 Å². The summed E-state index contributed by atoms with van der Waals surface area (Å²) in [6.45, 7) is 10.3. The molecule has 1 unspecified atom stereocenters. The molecule has 0 saturated heterocycles. The second kappa shape index (κ2) is 8.85. The van der Waals surface area contributed by atoms with E-state index >= 15 is 0 Å². The van der Waals surface area contributed by atoms with Crippen molar-refractivity contribution in [2.75, 3.05) is 6.54 Å². The molecule has 4 nitrogen and oxygen atoms in total. The van der Waals surface area contributed by atoms with Crippen LogP contribution in [0.2, 0.25) is 0 Å². The molecular weight excluding hydrogens is 346 g/mol. The zero-order valence-corrected chi connectivity index (χ0v) is 17.3. The maximum absolute atomic E-state index is 13.2. The molecule has 1 aromatic carbocycles. The number of amides is 1. The molecule has 1 aromatic rings. The van der Waals surface area contributed by atoms with Crippen LogP contribution in [0.4, 0.5) is 4.79 Å². The molecule has 0 radical (unpaired) electrons. The Morgan fingerprint density at radius 2 is 1.92 bits per heavy atom. The van der Waals surface area contributed by atoms with Crippen LogP contribution >= 0.6 is 0 Å². The molecule has 1 aliphatic rings. The van der Waals surface area contributed by atoms with Crippen LogP contribution in [0, 0.1) is 6.92 Å². The van der Waals surface area contributed by atoms with E-state index in [4.69, 9.17) is 4.74 Å². The zero-order chi connectivity index (χ0) is 19.3. The lowest BCUT2D eigenvalue weighted by molar-refractivity contribution is 0.0173. The Hall–Kier alpha value is -1.62. The molecule has 0 aliphatic carbocycles. The van der Waals surface area contributed by atoms with Gasteiger partial charge < -0.3 is 4.74 Å². The van der Waals surface area contributed by atoms with Gasteiger partial charge in [0.25, 0.3) is 0 Å². The Bertz CT molecular complexity index is 661. The molecular formula is C21H31NO3S. The van der Waals surface area contributed by atoms with Crippen LogP contribution in [-0.4, -0.2) is 38.6 Å². The summed E-state index contributed by atoms with van der Waals surface area (Å²) in [6.07, 6.45) is 6.46. The van der Waals surface area contributed by atoms with E-state index in [1.165, 1.54) is 0 Å². The van der Waals surface area contributed by atoms with Gasteiger partial charge in [-0.1, -0.05) is 49.6 Å². The molecule has 0 saturated carbocycles. The third-order valence-electron chi connectivity index (χ3n) is 4.39. The number of carbonyl (C=O) groups is 1. The molecule has 0 N–H and O–H groups in total. The number of rotatable bonds is 5. The van der Waals surface area contributed by atoms with Crippen molar-refractivity contribution in [1.29, 1.82) is 0 Å². The predicted molar refractivity (Wildman–Crippen MR) is 107 cm³/mol. The Morgan fingerprint density at radius 1 is 1.27 bits per heavy atom. The van der Waals surface area contributed by atoms with E-state index in [1.54, 1.807) is 4.90 Å². The van der Waals surface area contributed by atoms with Gasteiger partial charge in [-0.15, -0.1) is 0 Å². The molecule has 0 bridgehead atoms. The van der Waals surface area contributed by atoms with E-state index in [0.717, 1.165) is 29.7 Å². The summed E-state index contributed by atoms with van der Waals surface area (Å²) in [6, 6.07) is 7.68. The fourth-order valence-corrected chi connectivity index (χ4v) is 4.60. The van der Waals surface area contributed by atoms with E-state index in [9.17, 15) is 9.00 Å². The van der Waals surface area contributed by atoms with Gasteiger partial charge >= 0.3 is 6.09 Å². The van der Waals surface area contributed by atoms with Crippen molar-refractivity contribution in [3.63, 3.8) is 0 Å². The number of nitrogens with zero attached hydrogens (tertiary/aromatic N) is 1. The highest BCUT2D eigenvalue weighted by molar-refractivity contribution is 7.86. The minimum atomic E-state index is -1.21. The summed E-state index contributed by atoms with van der Waals surface area (Å²) < 4.78 is 18.8. The molecule has 1 amide bonds. The quantitative estimate of drug-likeness (QED) is 0.690. The van der Waals surface area contributed by atoms with Crippen LogP contribution in [0.15, 0.2) is 41.3 Å². The minimum Gasteiger partial charge on any atom is -0.444 e. The molecule has 0 spiro atoms. The normalized spacial score (nSPS) is 21.5. The fourth-order valence-electron chi connectivity index (χ4n) is 3.06. The standard InChI is InChI=1S/C21H31NO3S/c1-6-7-9-18-19(26(24)17-13-11-16(2)12-14-17)10-8-15-22(18)20(23)25-21(3,4)5/h8,10-14,18-19H,6-7,9,15H2,1-5H3/t18-,19+,26?/m0/s1.